The van der Waals surface area contributed by atoms with Crippen molar-refractivity contribution in [3.05, 3.63) is 52.2 Å². The molecule has 1 aliphatic heterocycles. The summed E-state index contributed by atoms with van der Waals surface area (Å²) in [5, 5.41) is 1.97. The number of fused-ring (bicyclic) bond motifs is 1. The van der Waals surface area contributed by atoms with Crippen LogP contribution >= 0.6 is 11.3 Å². The van der Waals surface area contributed by atoms with Crippen LogP contribution in [0.2, 0.25) is 0 Å². The van der Waals surface area contributed by atoms with Crippen LogP contribution in [-0.4, -0.2) is 14.3 Å². The molecule has 0 amide bonds. The molecule has 0 radical (unpaired) electrons. The van der Waals surface area contributed by atoms with Gasteiger partial charge in [0.05, 0.1) is 11.4 Å². The van der Waals surface area contributed by atoms with Crippen molar-refractivity contribution in [2.24, 2.45) is 4.99 Å². The second-order valence-electron chi connectivity index (χ2n) is 3.85. The number of hydrogen-bond acceptors (Lipinski definition) is 4. The molecule has 1 N–H and O–H groups in total. The van der Waals surface area contributed by atoms with E-state index in [0.717, 1.165) is 4.88 Å². The molecule has 1 aromatic heterocycles. The molecular weight excluding hydrogens is 268 g/mol. The Balaban J connectivity index is 1.99. The average Bonchev–Trinajstić information content (AvgIpc) is 2.95. The van der Waals surface area contributed by atoms with Gasteiger partial charge in [-0.1, -0.05) is 18.2 Å². The fraction of sp³-hybridized carbons (Fsp3) is 0.0833. The molecule has 0 spiro atoms. The van der Waals surface area contributed by atoms with E-state index in [9.17, 15) is 8.42 Å². The van der Waals surface area contributed by atoms with E-state index in [1.165, 1.54) is 0 Å². The summed E-state index contributed by atoms with van der Waals surface area (Å²) in [6.45, 7) is 0.490. The molecule has 4 nitrogen and oxygen atoms in total. The van der Waals surface area contributed by atoms with Gasteiger partial charge in [0.15, 0.2) is 0 Å². The summed E-state index contributed by atoms with van der Waals surface area (Å²) in [6, 6.07) is 10.8. The van der Waals surface area contributed by atoms with Crippen LogP contribution in [0.15, 0.2) is 51.7 Å². The normalized spacial score (nSPS) is 18.6. The lowest BCUT2D eigenvalue weighted by Crippen LogP contribution is -2.22. The topological polar surface area (TPSA) is 58.5 Å². The maximum absolute atomic E-state index is 11.8. The van der Waals surface area contributed by atoms with Crippen molar-refractivity contribution >= 4 is 27.2 Å². The lowest BCUT2D eigenvalue weighted by molar-refractivity contribution is 0.595. The number of thiophene rings is 1. The SMILES string of the molecule is O=S1(=O)NC(=NCc2cccs2)c2ccccc21. The minimum Gasteiger partial charge on any atom is -0.263 e. The van der Waals surface area contributed by atoms with Gasteiger partial charge < -0.3 is 0 Å². The predicted octanol–water partition coefficient (Wildman–Crippen LogP) is 1.99. The summed E-state index contributed by atoms with van der Waals surface area (Å²) >= 11 is 1.60. The van der Waals surface area contributed by atoms with E-state index in [-0.39, 0.29) is 0 Å². The first kappa shape index (κ1) is 11.4. The average molecular weight is 278 g/mol. The van der Waals surface area contributed by atoms with Gasteiger partial charge in [0.2, 0.25) is 0 Å². The Morgan fingerprint density at radius 3 is 2.78 bits per heavy atom. The molecule has 92 valence electrons. The number of aliphatic imine (C=N–C) groups is 1. The zero-order valence-electron chi connectivity index (χ0n) is 9.33. The van der Waals surface area contributed by atoms with Gasteiger partial charge in [0.25, 0.3) is 10.0 Å². The first-order valence-corrected chi connectivity index (χ1v) is 7.72. The molecule has 1 aliphatic rings. The van der Waals surface area contributed by atoms with Crippen molar-refractivity contribution in [3.8, 4) is 0 Å². The molecule has 0 bridgehead atoms. The number of nitrogens with zero attached hydrogens (tertiary/aromatic N) is 1. The molecule has 18 heavy (non-hydrogen) atoms. The molecule has 3 rings (SSSR count). The van der Waals surface area contributed by atoms with Gasteiger partial charge >= 0.3 is 0 Å². The van der Waals surface area contributed by atoms with Crippen molar-refractivity contribution in [2.45, 2.75) is 11.4 Å². The molecular formula is C12H10N2O2S2. The number of rotatable bonds is 2. The third-order valence-electron chi connectivity index (χ3n) is 2.64. The molecule has 0 unspecified atom stereocenters. The number of hydrogen-bond donors (Lipinski definition) is 1. The number of amidine groups is 1. The van der Waals surface area contributed by atoms with E-state index >= 15 is 0 Å². The van der Waals surface area contributed by atoms with E-state index in [2.05, 4.69) is 9.71 Å². The Hall–Kier alpha value is -1.66. The maximum atomic E-state index is 11.8. The molecule has 0 atom stereocenters. The van der Waals surface area contributed by atoms with Gasteiger partial charge in [-0.15, -0.1) is 11.3 Å². The molecule has 2 aromatic rings. The van der Waals surface area contributed by atoms with Gasteiger partial charge in [0.1, 0.15) is 5.84 Å². The molecule has 1 aromatic carbocycles. The Bertz CT molecular complexity index is 703. The standard InChI is InChI=1S/C12H10N2O2S2/c15-18(16)11-6-2-1-5-10(11)12(14-18)13-8-9-4-3-7-17-9/h1-7H,8H2,(H,13,14). The third kappa shape index (κ3) is 1.93. The zero-order valence-corrected chi connectivity index (χ0v) is 11.0. The number of nitrogens with one attached hydrogen (secondary N) is 1. The lowest BCUT2D eigenvalue weighted by atomic mass is 10.2. The van der Waals surface area contributed by atoms with E-state index in [0.29, 0.717) is 22.8 Å². The summed E-state index contributed by atoms with van der Waals surface area (Å²) in [6.07, 6.45) is 0. The lowest BCUT2D eigenvalue weighted by Gasteiger charge is -1.97. The van der Waals surface area contributed by atoms with E-state index < -0.39 is 10.0 Å². The van der Waals surface area contributed by atoms with Crippen LogP contribution in [0.3, 0.4) is 0 Å². The molecule has 0 aliphatic carbocycles. The van der Waals surface area contributed by atoms with Crippen LogP contribution in [0.4, 0.5) is 0 Å². The van der Waals surface area contributed by atoms with Crippen molar-refractivity contribution in [1.82, 2.24) is 4.72 Å². The predicted molar refractivity (Wildman–Crippen MR) is 71.3 cm³/mol. The van der Waals surface area contributed by atoms with Crippen LogP contribution in [0.25, 0.3) is 0 Å². The monoisotopic (exact) mass is 278 g/mol. The van der Waals surface area contributed by atoms with Crippen LogP contribution in [0.1, 0.15) is 10.4 Å². The number of sulfonamides is 1. The van der Waals surface area contributed by atoms with E-state index in [1.807, 2.05) is 23.6 Å². The van der Waals surface area contributed by atoms with Gasteiger partial charge in [-0.3, -0.25) is 9.71 Å². The summed E-state index contributed by atoms with van der Waals surface area (Å²) in [7, 11) is -3.42. The first-order chi connectivity index (χ1) is 8.67. The molecule has 6 heteroatoms. The van der Waals surface area contributed by atoms with Gasteiger partial charge in [-0.2, -0.15) is 0 Å². The zero-order chi connectivity index (χ0) is 12.6. The quantitative estimate of drug-likeness (QED) is 0.913. The van der Waals surface area contributed by atoms with E-state index in [4.69, 9.17) is 0 Å². The Labute approximate surface area is 109 Å². The largest absolute Gasteiger partial charge is 0.263 e. The highest BCUT2D eigenvalue weighted by Gasteiger charge is 2.29. The number of benzene rings is 1. The van der Waals surface area contributed by atoms with Gasteiger partial charge in [0, 0.05) is 10.4 Å². The fourth-order valence-corrected chi connectivity index (χ4v) is 3.69. The summed E-state index contributed by atoms with van der Waals surface area (Å²) in [5.74, 6) is 0.430. The van der Waals surface area contributed by atoms with Crippen molar-refractivity contribution < 1.29 is 8.42 Å². The molecule has 0 fully saturated rings. The summed E-state index contributed by atoms with van der Waals surface area (Å²) < 4.78 is 26.2. The highest BCUT2D eigenvalue weighted by molar-refractivity contribution is 7.90. The minimum absolute atomic E-state index is 0.301. The van der Waals surface area contributed by atoms with E-state index in [1.54, 1.807) is 29.5 Å². The molecule has 0 saturated heterocycles. The Kier molecular flexibility index (Phi) is 2.68. The fourth-order valence-electron chi connectivity index (χ4n) is 1.81. The van der Waals surface area contributed by atoms with Crippen molar-refractivity contribution in [3.63, 3.8) is 0 Å². The highest BCUT2D eigenvalue weighted by Crippen LogP contribution is 2.22. The molecule has 2 heterocycles. The van der Waals surface area contributed by atoms with Gasteiger partial charge in [-0.25, -0.2) is 8.42 Å². The maximum Gasteiger partial charge on any atom is 0.263 e. The third-order valence-corrected chi connectivity index (χ3v) is 4.89. The Morgan fingerprint density at radius 2 is 2.00 bits per heavy atom. The summed E-state index contributed by atoms with van der Waals surface area (Å²) in [5.41, 5.74) is 0.647. The van der Waals surface area contributed by atoms with Crippen LogP contribution < -0.4 is 4.72 Å². The van der Waals surface area contributed by atoms with Crippen LogP contribution in [0.5, 0.6) is 0 Å². The highest BCUT2D eigenvalue weighted by atomic mass is 32.2. The van der Waals surface area contributed by atoms with Crippen LogP contribution in [-0.2, 0) is 16.6 Å². The minimum atomic E-state index is -3.42. The van der Waals surface area contributed by atoms with Crippen molar-refractivity contribution in [2.75, 3.05) is 0 Å². The molecule has 0 saturated carbocycles. The van der Waals surface area contributed by atoms with Gasteiger partial charge in [-0.05, 0) is 23.6 Å². The smallest absolute Gasteiger partial charge is 0.263 e. The second-order valence-corrected chi connectivity index (χ2v) is 6.53. The Morgan fingerprint density at radius 1 is 1.17 bits per heavy atom. The van der Waals surface area contributed by atoms with Crippen LogP contribution in [0, 0.1) is 0 Å². The summed E-state index contributed by atoms with van der Waals surface area (Å²) in [4.78, 5) is 5.74. The first-order valence-electron chi connectivity index (χ1n) is 5.36. The second kappa shape index (κ2) is 4.22. The van der Waals surface area contributed by atoms with Crippen molar-refractivity contribution in [1.29, 1.82) is 0 Å².